The summed E-state index contributed by atoms with van der Waals surface area (Å²) < 4.78 is 42.7. The molecule has 3 aliphatic heterocycles. The lowest BCUT2D eigenvalue weighted by Gasteiger charge is -2.49. The molecule has 0 spiro atoms. The largest absolute Gasteiger partial charge is 0.373 e. The Morgan fingerprint density at radius 1 is 1.17 bits per heavy atom. The van der Waals surface area contributed by atoms with Gasteiger partial charge in [0.15, 0.2) is 6.29 Å². The van der Waals surface area contributed by atoms with Gasteiger partial charge < -0.3 is 23.8 Å². The summed E-state index contributed by atoms with van der Waals surface area (Å²) >= 11 is 10.8. The maximum absolute atomic E-state index is 14.4. The van der Waals surface area contributed by atoms with Crippen molar-refractivity contribution in [3.8, 4) is 11.3 Å². The molecule has 0 N–H and O–H groups in total. The topological polar surface area (TPSA) is 101 Å². The van der Waals surface area contributed by atoms with Crippen LogP contribution < -0.4 is 0 Å². The summed E-state index contributed by atoms with van der Waals surface area (Å²) in [6.45, 7) is 3.94. The molecule has 3 fully saturated rings. The number of ether oxygens (including phenoxy) is 4. The molecular formula is C32H30BrClFN5O5S. The summed E-state index contributed by atoms with van der Waals surface area (Å²) in [5.41, 5.74) is 1.61. The molecule has 14 heteroatoms. The molecule has 46 heavy (non-hydrogen) atoms. The average Bonchev–Trinajstić information content (AvgIpc) is 3.52. The second kappa shape index (κ2) is 13.7. The van der Waals surface area contributed by atoms with Gasteiger partial charge in [-0.3, -0.25) is 4.79 Å². The van der Waals surface area contributed by atoms with Crippen LogP contribution in [0.1, 0.15) is 41.7 Å². The van der Waals surface area contributed by atoms with Gasteiger partial charge in [0, 0.05) is 46.4 Å². The third-order valence-corrected chi connectivity index (χ3v) is 10.1. The van der Waals surface area contributed by atoms with Crippen LogP contribution in [0.4, 0.5) is 4.39 Å². The van der Waals surface area contributed by atoms with Crippen LogP contribution in [0, 0.1) is 5.82 Å². The molecule has 0 saturated carbocycles. The van der Waals surface area contributed by atoms with E-state index in [1.807, 2.05) is 43.3 Å². The van der Waals surface area contributed by atoms with Crippen LogP contribution in [0.3, 0.4) is 0 Å². The van der Waals surface area contributed by atoms with Gasteiger partial charge in [0.2, 0.25) is 0 Å². The van der Waals surface area contributed by atoms with E-state index in [-0.39, 0.29) is 17.5 Å². The van der Waals surface area contributed by atoms with E-state index in [1.165, 1.54) is 23.9 Å². The Hall–Kier alpha value is -2.91. The summed E-state index contributed by atoms with van der Waals surface area (Å²) in [7, 11) is 0. The molecule has 3 aliphatic rings. The Kier molecular flexibility index (Phi) is 9.42. The average molecular weight is 731 g/mol. The minimum atomic E-state index is -0.636. The van der Waals surface area contributed by atoms with Crippen molar-refractivity contribution >= 4 is 45.2 Å². The number of benzene rings is 2. The lowest BCUT2D eigenvalue weighted by Crippen LogP contribution is -2.59. The number of nitrogens with zero attached hydrogens (tertiary/aromatic N) is 5. The van der Waals surface area contributed by atoms with Crippen LogP contribution in [-0.4, -0.2) is 80.8 Å². The third-order valence-electron chi connectivity index (χ3n) is 8.18. The van der Waals surface area contributed by atoms with Crippen LogP contribution in [0.2, 0.25) is 5.02 Å². The van der Waals surface area contributed by atoms with Crippen LogP contribution >= 0.6 is 39.3 Å². The lowest BCUT2D eigenvalue weighted by molar-refractivity contribution is -0.309. The number of rotatable bonds is 8. The Morgan fingerprint density at radius 3 is 2.74 bits per heavy atom. The number of hydrogen-bond donors (Lipinski definition) is 0. The maximum Gasteiger partial charge on any atom is 0.273 e. The van der Waals surface area contributed by atoms with Crippen molar-refractivity contribution < 1.29 is 28.1 Å². The summed E-state index contributed by atoms with van der Waals surface area (Å²) in [6.07, 6.45) is 2.05. The molecule has 7 rings (SSSR count). The third kappa shape index (κ3) is 6.34. The summed E-state index contributed by atoms with van der Waals surface area (Å²) in [5.74, 6) is -0.668. The quantitative estimate of drug-likeness (QED) is 0.206. The van der Waals surface area contributed by atoms with Crippen molar-refractivity contribution in [2.45, 2.75) is 54.3 Å². The van der Waals surface area contributed by atoms with Gasteiger partial charge >= 0.3 is 0 Å². The number of carbonyl (C=O) groups excluding carboxylic acids is 1. The van der Waals surface area contributed by atoms with Crippen molar-refractivity contribution in [3.63, 3.8) is 0 Å². The molecule has 3 unspecified atom stereocenters. The Labute approximate surface area is 282 Å². The van der Waals surface area contributed by atoms with E-state index in [9.17, 15) is 9.18 Å². The smallest absolute Gasteiger partial charge is 0.273 e. The predicted molar refractivity (Wildman–Crippen MR) is 172 cm³/mol. The number of hydrogen-bond acceptors (Lipinski definition) is 9. The maximum atomic E-state index is 14.4. The number of pyridine rings is 1. The molecule has 2 aromatic heterocycles. The molecule has 0 bridgehead atoms. The summed E-state index contributed by atoms with van der Waals surface area (Å²) in [6, 6.07) is 15.5. The molecule has 1 amide bonds. The number of likely N-dealkylation sites (tertiary alicyclic amines) is 1. The van der Waals surface area contributed by atoms with E-state index < -0.39 is 41.9 Å². The van der Waals surface area contributed by atoms with E-state index >= 15 is 0 Å². The number of fused-ring (bicyclic) bond motifs is 1. The summed E-state index contributed by atoms with van der Waals surface area (Å²) in [5, 5.41) is 8.90. The first-order valence-corrected chi connectivity index (χ1v) is 17.0. The highest BCUT2D eigenvalue weighted by molar-refractivity contribution is 9.10. The Morgan fingerprint density at radius 2 is 2.00 bits per heavy atom. The molecule has 6 atom stereocenters. The van der Waals surface area contributed by atoms with Crippen molar-refractivity contribution in [1.82, 2.24) is 24.9 Å². The molecule has 240 valence electrons. The monoisotopic (exact) mass is 729 g/mol. The molecule has 0 aliphatic carbocycles. The molecule has 4 aromatic rings. The molecule has 10 nitrogen and oxygen atoms in total. The first kappa shape index (κ1) is 31.7. The highest BCUT2D eigenvalue weighted by Crippen LogP contribution is 2.45. The second-order valence-electron chi connectivity index (χ2n) is 11.1. The first-order chi connectivity index (χ1) is 22.4. The van der Waals surface area contributed by atoms with Crippen LogP contribution in [0.15, 0.2) is 76.4 Å². The number of carbonyl (C=O) groups is 1. The van der Waals surface area contributed by atoms with Crippen LogP contribution in [0.25, 0.3) is 11.3 Å². The van der Waals surface area contributed by atoms with E-state index in [1.54, 1.807) is 28.0 Å². The van der Waals surface area contributed by atoms with Gasteiger partial charge in [-0.15, -0.1) is 5.10 Å². The van der Waals surface area contributed by atoms with Crippen molar-refractivity contribution in [2.24, 2.45) is 0 Å². The van der Waals surface area contributed by atoms with Crippen LogP contribution in [0.5, 0.6) is 0 Å². The Bertz CT molecular complexity index is 1720. The van der Waals surface area contributed by atoms with Gasteiger partial charge in [-0.25, -0.2) is 14.1 Å². The number of aromatic nitrogens is 4. The fraction of sp³-hybridized carbons (Fsp3) is 0.375. The lowest BCUT2D eigenvalue weighted by atomic mass is 9.95. The predicted octanol–water partition coefficient (Wildman–Crippen LogP) is 6.32. The molecule has 3 saturated heterocycles. The zero-order valence-corrected chi connectivity index (χ0v) is 27.8. The fourth-order valence-corrected chi connectivity index (χ4v) is 7.66. The van der Waals surface area contributed by atoms with E-state index in [4.69, 9.17) is 30.5 Å². The minimum Gasteiger partial charge on any atom is -0.373 e. The zero-order valence-electron chi connectivity index (χ0n) is 24.7. The van der Waals surface area contributed by atoms with Gasteiger partial charge in [0.25, 0.3) is 5.91 Å². The molecule has 5 heterocycles. The van der Waals surface area contributed by atoms with Crippen molar-refractivity contribution in [3.05, 3.63) is 93.6 Å². The summed E-state index contributed by atoms with van der Waals surface area (Å²) in [4.78, 5) is 20.3. The standard InChI is InChI=1S/C32H30BrClFN5O5S/c1-2-42-29-27(40-16-23(37-38-40)19-9-10-21(34)22(35)13-19)28-24(17-43-31(45-28)18-7-4-3-5-8-18)44-32(29)46-25-14-20(33)15-36-26(25)30(41)39-11-6-12-39/h3-5,7-10,13-16,24,27-29,31-32H,2,6,11-12,17H2,1H3/t24?,27-,28-,29?,31?,32+/m0/s1. The molecule has 2 aromatic carbocycles. The highest BCUT2D eigenvalue weighted by Gasteiger charge is 2.52. The second-order valence-corrected chi connectivity index (χ2v) is 13.6. The number of thioether (sulfide) groups is 1. The number of amides is 1. The van der Waals surface area contributed by atoms with E-state index in [0.717, 1.165) is 16.5 Å². The minimum absolute atomic E-state index is 0.0243. The van der Waals surface area contributed by atoms with Crippen LogP contribution in [-0.2, 0) is 18.9 Å². The van der Waals surface area contributed by atoms with Gasteiger partial charge in [-0.2, -0.15) is 0 Å². The SMILES string of the molecule is CCOC1[C@@H](Sc2cc(Br)cnc2C(=O)N2CCC2)OC2COC(c3ccccc3)O[C@@H]2[C@@H]1n1cc(-c2ccc(Cl)c(F)c2)nn1. The highest BCUT2D eigenvalue weighted by atomic mass is 79.9. The van der Waals surface area contributed by atoms with Gasteiger partial charge in [0.1, 0.15) is 47.0 Å². The van der Waals surface area contributed by atoms with Crippen molar-refractivity contribution in [2.75, 3.05) is 26.3 Å². The zero-order chi connectivity index (χ0) is 31.8. The van der Waals surface area contributed by atoms with E-state index in [2.05, 4.69) is 31.2 Å². The van der Waals surface area contributed by atoms with Gasteiger partial charge in [-0.1, -0.05) is 65.0 Å². The Balaban J connectivity index is 1.26. The fourth-order valence-electron chi connectivity index (χ4n) is 5.79. The normalized spacial score (nSPS) is 26.0. The molecule has 0 radical (unpaired) electrons. The van der Waals surface area contributed by atoms with Crippen molar-refractivity contribution in [1.29, 1.82) is 0 Å². The van der Waals surface area contributed by atoms with Gasteiger partial charge in [0.05, 0.1) is 17.8 Å². The number of halogens is 3. The first-order valence-electron chi connectivity index (χ1n) is 15.0. The van der Waals surface area contributed by atoms with Gasteiger partial charge in [-0.05, 0) is 47.5 Å². The van der Waals surface area contributed by atoms with E-state index in [0.29, 0.717) is 41.5 Å². The molecular weight excluding hydrogens is 701 g/mol.